The highest BCUT2D eigenvalue weighted by atomic mass is 19.4. The molecule has 0 spiro atoms. The number of pyridine rings is 1. The zero-order valence-corrected chi connectivity index (χ0v) is 20.9. The van der Waals surface area contributed by atoms with Crippen LogP contribution >= 0.6 is 0 Å². The van der Waals surface area contributed by atoms with E-state index in [1.54, 1.807) is 6.92 Å². The molecule has 3 N–H and O–H groups in total. The van der Waals surface area contributed by atoms with E-state index in [0.717, 1.165) is 18.2 Å². The largest absolute Gasteiger partial charge is 0.490 e. The molecule has 1 aromatic heterocycles. The fourth-order valence-electron chi connectivity index (χ4n) is 3.76. The molecule has 1 aliphatic heterocycles. The minimum atomic E-state index is -5.27. The summed E-state index contributed by atoms with van der Waals surface area (Å²) in [4.78, 5) is 16.2. The van der Waals surface area contributed by atoms with Gasteiger partial charge < -0.3 is 25.0 Å². The van der Waals surface area contributed by atoms with E-state index in [4.69, 9.17) is 9.47 Å². The van der Waals surface area contributed by atoms with Gasteiger partial charge in [-0.1, -0.05) is 0 Å². The Morgan fingerprint density at radius 1 is 1.14 bits per heavy atom. The standard InChI is InChI=1S/C25H30F4N2O5/c1-21(2,3)36-20(32)30-12-24(34,25(27,28)29)17-11-16-19(35-13-23(16,6)22(4,5)33)18(31-17)14-7-9-15(26)10-8-14/h7-11,33-34H,12-13H2,1-6H3,(H,30,32)/t23-,24-/m0/s1. The third-order valence-corrected chi connectivity index (χ3v) is 6.32. The summed E-state index contributed by atoms with van der Waals surface area (Å²) in [5.41, 5.74) is -7.72. The predicted octanol–water partition coefficient (Wildman–Crippen LogP) is 4.58. The number of hydrogen-bond donors (Lipinski definition) is 3. The minimum absolute atomic E-state index is 0.0737. The maximum absolute atomic E-state index is 14.3. The lowest BCUT2D eigenvalue weighted by Crippen LogP contribution is -2.52. The van der Waals surface area contributed by atoms with Crippen LogP contribution in [0.3, 0.4) is 0 Å². The highest BCUT2D eigenvalue weighted by molar-refractivity contribution is 5.71. The number of alkyl halides is 3. The molecule has 0 bridgehead atoms. The second kappa shape index (κ2) is 8.88. The molecule has 2 aromatic rings. The third-order valence-electron chi connectivity index (χ3n) is 6.32. The Labute approximate surface area is 206 Å². The second-order valence-corrected chi connectivity index (χ2v) is 10.6. The zero-order valence-electron chi connectivity index (χ0n) is 20.9. The number of ether oxygens (including phenoxy) is 2. The molecule has 198 valence electrons. The molecule has 0 aliphatic carbocycles. The van der Waals surface area contributed by atoms with E-state index >= 15 is 0 Å². The van der Waals surface area contributed by atoms with Gasteiger partial charge in [0.1, 0.15) is 29.5 Å². The van der Waals surface area contributed by atoms with Gasteiger partial charge in [0, 0.05) is 11.1 Å². The van der Waals surface area contributed by atoms with Gasteiger partial charge in [-0.05, 0) is 71.9 Å². The first-order chi connectivity index (χ1) is 16.3. The number of benzene rings is 1. The summed E-state index contributed by atoms with van der Waals surface area (Å²) in [5, 5.41) is 23.8. The van der Waals surface area contributed by atoms with Gasteiger partial charge in [-0.2, -0.15) is 13.2 Å². The number of aliphatic hydroxyl groups is 2. The van der Waals surface area contributed by atoms with Gasteiger partial charge in [0.2, 0.25) is 5.60 Å². The Hall–Kier alpha value is -2.92. The number of aromatic nitrogens is 1. The van der Waals surface area contributed by atoms with Crippen molar-refractivity contribution in [3.8, 4) is 17.0 Å². The van der Waals surface area contributed by atoms with Crippen molar-refractivity contribution >= 4 is 6.09 Å². The van der Waals surface area contributed by atoms with Crippen LogP contribution in [0.5, 0.6) is 5.75 Å². The molecule has 2 heterocycles. The average Bonchev–Trinajstić information content (AvgIpc) is 3.08. The van der Waals surface area contributed by atoms with Gasteiger partial charge in [-0.25, -0.2) is 14.2 Å². The molecular formula is C25H30F4N2O5. The average molecular weight is 515 g/mol. The number of hydrogen-bond acceptors (Lipinski definition) is 6. The Morgan fingerprint density at radius 2 is 1.72 bits per heavy atom. The maximum Gasteiger partial charge on any atom is 0.424 e. The number of nitrogens with one attached hydrogen (secondary N) is 1. The number of halogens is 4. The molecule has 1 aliphatic rings. The number of alkyl carbamates (subject to hydrolysis) is 1. The Morgan fingerprint density at radius 3 is 2.22 bits per heavy atom. The Bertz CT molecular complexity index is 1140. The number of nitrogens with zero attached hydrogens (tertiary/aromatic N) is 1. The van der Waals surface area contributed by atoms with Gasteiger partial charge in [-0.15, -0.1) is 0 Å². The lowest BCUT2D eigenvalue weighted by Gasteiger charge is -2.37. The number of carbonyl (C=O) groups excluding carboxylic acids is 1. The summed E-state index contributed by atoms with van der Waals surface area (Å²) in [6.45, 7) is 7.84. The zero-order chi connectivity index (χ0) is 27.3. The normalized spacial score (nSPS) is 19.8. The van der Waals surface area contributed by atoms with Gasteiger partial charge >= 0.3 is 12.3 Å². The van der Waals surface area contributed by atoms with Crippen LogP contribution in [0.2, 0.25) is 0 Å². The lowest BCUT2D eigenvalue weighted by atomic mass is 9.71. The summed E-state index contributed by atoms with van der Waals surface area (Å²) in [5.74, 6) is -0.457. The van der Waals surface area contributed by atoms with E-state index in [9.17, 15) is 32.6 Å². The summed E-state index contributed by atoms with van der Waals surface area (Å²) < 4.78 is 67.3. The van der Waals surface area contributed by atoms with Crippen molar-refractivity contribution in [1.82, 2.24) is 10.3 Å². The summed E-state index contributed by atoms with van der Waals surface area (Å²) in [6, 6.07) is 5.88. The first-order valence-corrected chi connectivity index (χ1v) is 11.2. The molecule has 0 unspecified atom stereocenters. The molecule has 0 radical (unpaired) electrons. The van der Waals surface area contributed by atoms with Crippen LogP contribution in [0.4, 0.5) is 22.4 Å². The smallest absolute Gasteiger partial charge is 0.424 e. The van der Waals surface area contributed by atoms with Crippen LogP contribution in [0.15, 0.2) is 30.3 Å². The molecule has 0 saturated carbocycles. The highest BCUT2D eigenvalue weighted by Crippen LogP contribution is 2.51. The molecule has 1 amide bonds. The number of rotatable bonds is 5. The molecule has 7 nitrogen and oxygen atoms in total. The van der Waals surface area contributed by atoms with Crippen LogP contribution < -0.4 is 10.1 Å². The van der Waals surface area contributed by atoms with E-state index in [0.29, 0.717) is 0 Å². The molecule has 11 heteroatoms. The maximum atomic E-state index is 14.3. The van der Waals surface area contributed by atoms with Gasteiger partial charge in [-0.3, -0.25) is 0 Å². The molecule has 3 rings (SSSR count). The first-order valence-electron chi connectivity index (χ1n) is 11.2. The highest BCUT2D eigenvalue weighted by Gasteiger charge is 2.58. The van der Waals surface area contributed by atoms with E-state index in [2.05, 4.69) is 4.98 Å². The van der Waals surface area contributed by atoms with E-state index < -0.39 is 52.5 Å². The van der Waals surface area contributed by atoms with Crippen LogP contribution in [0.1, 0.15) is 52.8 Å². The minimum Gasteiger partial charge on any atom is -0.490 e. The van der Waals surface area contributed by atoms with E-state index in [-0.39, 0.29) is 29.2 Å². The van der Waals surface area contributed by atoms with Crippen LogP contribution in [0, 0.1) is 5.82 Å². The molecular weight excluding hydrogens is 484 g/mol. The SMILES string of the molecule is CC(C)(C)OC(=O)NC[C@](O)(c1cc2c(c(-c3ccc(F)cc3)n1)OC[C@]2(C)C(C)(C)O)C(F)(F)F. The monoisotopic (exact) mass is 514 g/mol. The van der Waals surface area contributed by atoms with E-state index in [1.807, 2.05) is 5.32 Å². The van der Waals surface area contributed by atoms with Crippen molar-refractivity contribution in [3.05, 3.63) is 47.4 Å². The second-order valence-electron chi connectivity index (χ2n) is 10.6. The first kappa shape index (κ1) is 27.7. The quantitative estimate of drug-likeness (QED) is 0.505. The van der Waals surface area contributed by atoms with Crippen molar-refractivity contribution < 1.29 is 42.0 Å². The summed E-state index contributed by atoms with van der Waals surface area (Å²) in [6.07, 6.45) is -6.43. The molecule has 36 heavy (non-hydrogen) atoms. The summed E-state index contributed by atoms with van der Waals surface area (Å²) >= 11 is 0. The van der Waals surface area contributed by atoms with Crippen molar-refractivity contribution in [2.75, 3.05) is 13.2 Å². The van der Waals surface area contributed by atoms with Crippen LogP contribution in [-0.4, -0.2) is 51.8 Å². The summed E-state index contributed by atoms with van der Waals surface area (Å²) in [7, 11) is 0. The number of amides is 1. The fourth-order valence-corrected chi connectivity index (χ4v) is 3.76. The van der Waals surface area contributed by atoms with Gasteiger partial charge in [0.05, 0.1) is 23.3 Å². The molecule has 1 aromatic carbocycles. The third kappa shape index (κ3) is 5.12. The number of fused-ring (bicyclic) bond motifs is 1. The topological polar surface area (TPSA) is 101 Å². The Kier molecular flexibility index (Phi) is 6.82. The predicted molar refractivity (Wildman–Crippen MR) is 123 cm³/mol. The van der Waals surface area contributed by atoms with Crippen molar-refractivity contribution in [2.24, 2.45) is 0 Å². The van der Waals surface area contributed by atoms with Crippen molar-refractivity contribution in [2.45, 2.75) is 69.9 Å². The van der Waals surface area contributed by atoms with Crippen molar-refractivity contribution in [3.63, 3.8) is 0 Å². The van der Waals surface area contributed by atoms with Crippen LogP contribution in [-0.2, 0) is 15.8 Å². The lowest BCUT2D eigenvalue weighted by molar-refractivity contribution is -0.265. The van der Waals surface area contributed by atoms with Gasteiger partial charge in [0.25, 0.3) is 0 Å². The molecule has 2 atom stereocenters. The molecule has 0 saturated heterocycles. The van der Waals surface area contributed by atoms with Crippen molar-refractivity contribution in [1.29, 1.82) is 0 Å². The van der Waals surface area contributed by atoms with Gasteiger partial charge in [0.15, 0.2) is 0 Å². The van der Waals surface area contributed by atoms with E-state index in [1.165, 1.54) is 46.8 Å². The number of carbonyl (C=O) groups is 1. The van der Waals surface area contributed by atoms with Crippen LogP contribution in [0.25, 0.3) is 11.3 Å². The fraction of sp³-hybridized carbons (Fsp3) is 0.520. The Balaban J connectivity index is 2.21. The molecule has 0 fully saturated rings.